The second kappa shape index (κ2) is 6.04. The summed E-state index contributed by atoms with van der Waals surface area (Å²) >= 11 is 0. The number of anilines is 2. The highest BCUT2D eigenvalue weighted by Gasteiger charge is 2.28. The van der Waals surface area contributed by atoms with Crippen molar-refractivity contribution < 1.29 is 14.0 Å². The molecule has 0 aromatic heterocycles. The molecule has 0 spiro atoms. The monoisotopic (exact) mass is 310 g/mol. The molecule has 0 bridgehead atoms. The molecule has 0 saturated heterocycles. The van der Waals surface area contributed by atoms with Crippen LogP contribution in [-0.4, -0.2) is 18.2 Å². The second-order valence-electron chi connectivity index (χ2n) is 5.12. The molecule has 1 aliphatic rings. The van der Waals surface area contributed by atoms with E-state index in [1.807, 2.05) is 6.07 Å². The van der Waals surface area contributed by atoms with Crippen molar-refractivity contribution in [3.05, 3.63) is 71.7 Å². The van der Waals surface area contributed by atoms with Crippen LogP contribution in [0.2, 0.25) is 0 Å². The summed E-state index contributed by atoms with van der Waals surface area (Å²) in [5.74, 6) is -1.03. The minimum absolute atomic E-state index is 0.180. The van der Waals surface area contributed by atoms with E-state index in [0.717, 1.165) is 0 Å². The van der Waals surface area contributed by atoms with Crippen molar-refractivity contribution >= 4 is 23.1 Å². The summed E-state index contributed by atoms with van der Waals surface area (Å²) < 4.78 is 13.4. The number of rotatable bonds is 3. The predicted octanol–water partition coefficient (Wildman–Crippen LogP) is 3.37. The number of likely N-dealkylation sites (N-methyl/N-ethyl adjacent to an activating group) is 1. The van der Waals surface area contributed by atoms with Crippen molar-refractivity contribution in [3.63, 3.8) is 0 Å². The van der Waals surface area contributed by atoms with Crippen LogP contribution in [0.4, 0.5) is 15.8 Å². The Labute approximate surface area is 133 Å². The Morgan fingerprint density at radius 3 is 2.65 bits per heavy atom. The van der Waals surface area contributed by atoms with Crippen LogP contribution in [0.5, 0.6) is 0 Å². The van der Waals surface area contributed by atoms with Gasteiger partial charge in [0, 0.05) is 18.2 Å². The van der Waals surface area contributed by atoms with Gasteiger partial charge in [-0.05, 0) is 25.1 Å². The first-order valence-corrected chi connectivity index (χ1v) is 7.29. The van der Waals surface area contributed by atoms with Crippen LogP contribution in [0.15, 0.2) is 60.3 Å². The van der Waals surface area contributed by atoms with Crippen molar-refractivity contribution in [3.8, 4) is 0 Å². The average molecular weight is 310 g/mol. The van der Waals surface area contributed by atoms with Crippen molar-refractivity contribution in [2.75, 3.05) is 16.8 Å². The van der Waals surface area contributed by atoms with E-state index in [1.165, 1.54) is 23.1 Å². The van der Waals surface area contributed by atoms with E-state index < -0.39 is 5.82 Å². The first-order valence-electron chi connectivity index (χ1n) is 7.29. The molecule has 0 aliphatic carbocycles. The summed E-state index contributed by atoms with van der Waals surface area (Å²) in [5, 5.41) is 2.92. The van der Waals surface area contributed by atoms with Crippen molar-refractivity contribution in [1.82, 2.24) is 0 Å². The molecule has 0 fully saturated rings. The molecule has 2 aromatic rings. The normalized spacial score (nSPS) is 15.3. The third-order valence-corrected chi connectivity index (χ3v) is 3.65. The van der Waals surface area contributed by atoms with Crippen LogP contribution in [0.3, 0.4) is 0 Å². The number of benzene rings is 2. The van der Waals surface area contributed by atoms with Crippen LogP contribution in [0.25, 0.3) is 0 Å². The highest BCUT2D eigenvalue weighted by atomic mass is 19.1. The van der Waals surface area contributed by atoms with E-state index in [4.69, 9.17) is 0 Å². The van der Waals surface area contributed by atoms with Gasteiger partial charge in [-0.15, -0.1) is 0 Å². The molecule has 1 heterocycles. The molecular weight excluding hydrogens is 295 g/mol. The smallest absolute Gasteiger partial charge is 0.274 e. The Kier molecular flexibility index (Phi) is 3.93. The zero-order valence-electron chi connectivity index (χ0n) is 12.5. The highest BCUT2D eigenvalue weighted by Crippen LogP contribution is 2.33. The minimum atomic E-state index is -0.412. The average Bonchev–Trinajstić information content (AvgIpc) is 2.57. The summed E-state index contributed by atoms with van der Waals surface area (Å²) in [6, 6.07) is 12.9. The third kappa shape index (κ3) is 2.85. The fraction of sp³-hybridized carbons (Fsp3) is 0.111. The molecule has 23 heavy (non-hydrogen) atoms. The minimum Gasteiger partial charge on any atom is -0.349 e. The first-order chi connectivity index (χ1) is 11.1. The Hall–Kier alpha value is -2.95. The summed E-state index contributed by atoms with van der Waals surface area (Å²) in [6.45, 7) is 2.18. The molecule has 4 nitrogen and oxygen atoms in total. The van der Waals surface area contributed by atoms with E-state index in [0.29, 0.717) is 23.5 Å². The molecular formula is C18H15FN2O2. The number of halogens is 1. The maximum absolute atomic E-state index is 13.4. The number of hydrogen-bond donors (Lipinski definition) is 1. The SMILES string of the molecule is CCN1C(=O)/C(=C/C(=O)c2ccccc2)Nc2ccc(F)cc21. The third-order valence-electron chi connectivity index (χ3n) is 3.65. The van der Waals surface area contributed by atoms with Crippen LogP contribution in [0.1, 0.15) is 17.3 Å². The van der Waals surface area contributed by atoms with Crippen molar-refractivity contribution in [1.29, 1.82) is 0 Å². The number of nitrogens with one attached hydrogen (secondary N) is 1. The number of amides is 1. The van der Waals surface area contributed by atoms with Crippen molar-refractivity contribution in [2.24, 2.45) is 0 Å². The zero-order chi connectivity index (χ0) is 16.4. The molecule has 2 aromatic carbocycles. The van der Waals surface area contributed by atoms with E-state index in [-0.39, 0.29) is 17.4 Å². The van der Waals surface area contributed by atoms with Gasteiger partial charge in [-0.3, -0.25) is 9.59 Å². The second-order valence-corrected chi connectivity index (χ2v) is 5.12. The van der Waals surface area contributed by atoms with Gasteiger partial charge in [0.15, 0.2) is 5.78 Å². The van der Waals surface area contributed by atoms with Gasteiger partial charge in [0.2, 0.25) is 0 Å². The van der Waals surface area contributed by atoms with Crippen molar-refractivity contribution in [2.45, 2.75) is 6.92 Å². The lowest BCUT2D eigenvalue weighted by molar-refractivity contribution is -0.115. The van der Waals surface area contributed by atoms with Gasteiger partial charge in [-0.2, -0.15) is 0 Å². The van der Waals surface area contributed by atoms with E-state index in [1.54, 1.807) is 37.3 Å². The summed E-state index contributed by atoms with van der Waals surface area (Å²) in [5.41, 5.74) is 1.75. The van der Waals surface area contributed by atoms with Gasteiger partial charge in [0.25, 0.3) is 5.91 Å². The van der Waals surface area contributed by atoms with Gasteiger partial charge in [-0.25, -0.2) is 4.39 Å². The lowest BCUT2D eigenvalue weighted by Crippen LogP contribution is -2.38. The van der Waals surface area contributed by atoms with Crippen LogP contribution >= 0.6 is 0 Å². The number of carbonyl (C=O) groups is 2. The highest BCUT2D eigenvalue weighted by molar-refractivity contribution is 6.17. The number of nitrogens with zero attached hydrogens (tertiary/aromatic N) is 1. The van der Waals surface area contributed by atoms with Crippen LogP contribution in [0, 0.1) is 5.82 Å². The number of hydrogen-bond acceptors (Lipinski definition) is 3. The Morgan fingerprint density at radius 2 is 1.96 bits per heavy atom. The Bertz CT molecular complexity index is 800. The molecule has 1 amide bonds. The molecule has 1 N–H and O–H groups in total. The number of ketones is 1. The molecule has 0 unspecified atom stereocenters. The Balaban J connectivity index is 1.98. The lowest BCUT2D eigenvalue weighted by Gasteiger charge is -2.30. The summed E-state index contributed by atoms with van der Waals surface area (Å²) in [6.07, 6.45) is 1.28. The lowest BCUT2D eigenvalue weighted by atomic mass is 10.1. The summed E-state index contributed by atoms with van der Waals surface area (Å²) in [7, 11) is 0. The predicted molar refractivity (Wildman–Crippen MR) is 86.9 cm³/mol. The first kappa shape index (κ1) is 15.0. The van der Waals surface area contributed by atoms with Gasteiger partial charge in [0.05, 0.1) is 11.4 Å². The maximum atomic E-state index is 13.4. The largest absolute Gasteiger partial charge is 0.349 e. The van der Waals surface area contributed by atoms with Crippen LogP contribution in [-0.2, 0) is 4.79 Å². The summed E-state index contributed by atoms with van der Waals surface area (Å²) in [4.78, 5) is 26.2. The molecule has 0 radical (unpaired) electrons. The van der Waals surface area contributed by atoms with Gasteiger partial charge < -0.3 is 10.2 Å². The van der Waals surface area contributed by atoms with E-state index in [9.17, 15) is 14.0 Å². The number of allylic oxidation sites excluding steroid dienone is 1. The van der Waals surface area contributed by atoms with E-state index >= 15 is 0 Å². The molecule has 1 aliphatic heterocycles. The molecule has 5 heteroatoms. The van der Waals surface area contributed by atoms with Gasteiger partial charge in [0.1, 0.15) is 11.5 Å². The quantitative estimate of drug-likeness (QED) is 0.698. The molecule has 0 saturated carbocycles. The zero-order valence-corrected chi connectivity index (χ0v) is 12.5. The standard InChI is InChI=1S/C18H15FN2O2/c1-2-21-16-10-13(19)8-9-14(16)20-15(18(21)23)11-17(22)12-6-4-3-5-7-12/h3-11,20H,2H2,1H3/b15-11-. The fourth-order valence-electron chi connectivity index (χ4n) is 2.52. The Morgan fingerprint density at radius 1 is 1.22 bits per heavy atom. The van der Waals surface area contributed by atoms with Crippen LogP contribution < -0.4 is 10.2 Å². The topological polar surface area (TPSA) is 49.4 Å². The van der Waals surface area contributed by atoms with Gasteiger partial charge >= 0.3 is 0 Å². The van der Waals surface area contributed by atoms with Gasteiger partial charge in [-0.1, -0.05) is 30.3 Å². The maximum Gasteiger partial charge on any atom is 0.274 e. The fourth-order valence-corrected chi connectivity index (χ4v) is 2.52. The van der Waals surface area contributed by atoms with E-state index in [2.05, 4.69) is 5.32 Å². The number of carbonyl (C=O) groups excluding carboxylic acids is 2. The molecule has 3 rings (SSSR count). The molecule has 116 valence electrons. The molecule has 0 atom stereocenters. The number of fused-ring (bicyclic) bond motifs is 1.